The highest BCUT2D eigenvalue weighted by molar-refractivity contribution is 5.93. The number of ether oxygens (including phenoxy) is 1. The van der Waals surface area contributed by atoms with Gasteiger partial charge in [0.1, 0.15) is 17.1 Å². The van der Waals surface area contributed by atoms with Crippen LogP contribution < -0.4 is 10.1 Å². The summed E-state index contributed by atoms with van der Waals surface area (Å²) in [4.78, 5) is 15.3. The van der Waals surface area contributed by atoms with E-state index < -0.39 is 17.8 Å². The number of carbonyl (C=O) groups is 1. The minimum atomic E-state index is -4.55. The molecule has 0 aliphatic rings. The second-order valence-corrected chi connectivity index (χ2v) is 5.52. The van der Waals surface area contributed by atoms with Crippen molar-refractivity contribution in [3.8, 4) is 17.0 Å². The Morgan fingerprint density at radius 2 is 2.04 bits per heavy atom. The van der Waals surface area contributed by atoms with Crippen molar-refractivity contribution >= 4 is 5.91 Å². The quantitative estimate of drug-likeness (QED) is 0.734. The third-order valence-corrected chi connectivity index (χ3v) is 3.66. The maximum absolute atomic E-state index is 12.5. The van der Waals surface area contributed by atoms with Crippen molar-refractivity contribution in [1.29, 1.82) is 0 Å². The van der Waals surface area contributed by atoms with Crippen LogP contribution in [0.3, 0.4) is 0 Å². The molecule has 2 aromatic heterocycles. The average Bonchev–Trinajstić information content (AvgIpc) is 3.14. The molecule has 0 bridgehead atoms. The summed E-state index contributed by atoms with van der Waals surface area (Å²) >= 11 is 0. The van der Waals surface area contributed by atoms with Gasteiger partial charge in [-0.1, -0.05) is 17.3 Å². The average molecular weight is 377 g/mol. The van der Waals surface area contributed by atoms with Crippen molar-refractivity contribution < 1.29 is 27.2 Å². The molecule has 0 spiro atoms. The molecule has 1 amide bonds. The van der Waals surface area contributed by atoms with Gasteiger partial charge >= 0.3 is 6.18 Å². The van der Waals surface area contributed by atoms with E-state index in [9.17, 15) is 18.0 Å². The molecule has 2 heterocycles. The fourth-order valence-corrected chi connectivity index (χ4v) is 2.28. The molecule has 0 saturated heterocycles. The fourth-order valence-electron chi connectivity index (χ4n) is 2.28. The first-order chi connectivity index (χ1) is 12.9. The molecule has 1 N–H and O–H groups in total. The van der Waals surface area contributed by atoms with Crippen LogP contribution in [0, 0.1) is 0 Å². The first-order valence-electron chi connectivity index (χ1n) is 7.78. The largest absolute Gasteiger partial charge is 0.497 e. The van der Waals surface area contributed by atoms with Crippen LogP contribution in [0.2, 0.25) is 0 Å². The molecular weight excluding hydrogens is 363 g/mol. The number of rotatable bonds is 5. The fraction of sp³-hybridized carbons (Fsp3) is 0.167. The van der Waals surface area contributed by atoms with Gasteiger partial charge in [-0.3, -0.25) is 9.78 Å². The summed E-state index contributed by atoms with van der Waals surface area (Å²) < 4.78 is 47.8. The highest BCUT2D eigenvalue weighted by Crippen LogP contribution is 2.27. The standard InChI is InChI=1S/C18H14F3N3O3/c1-26-13-4-2-3-11(7-13)15-8-14(27-24-15)10-23-17(25)12-5-6-16(22-9-12)18(19,20)21/h2-9H,10H2,1H3,(H,23,25). The van der Waals surface area contributed by atoms with E-state index in [1.54, 1.807) is 25.3 Å². The maximum Gasteiger partial charge on any atom is 0.433 e. The van der Waals surface area contributed by atoms with E-state index in [1.165, 1.54) is 0 Å². The molecule has 0 atom stereocenters. The summed E-state index contributed by atoms with van der Waals surface area (Å²) in [5, 5.41) is 6.47. The van der Waals surface area contributed by atoms with Gasteiger partial charge in [-0.15, -0.1) is 0 Å². The number of hydrogen-bond donors (Lipinski definition) is 1. The molecular formula is C18H14F3N3O3. The summed E-state index contributed by atoms with van der Waals surface area (Å²) in [6, 6.07) is 10.7. The zero-order valence-electron chi connectivity index (χ0n) is 14.1. The maximum atomic E-state index is 12.5. The topological polar surface area (TPSA) is 77.2 Å². The van der Waals surface area contributed by atoms with Crippen LogP contribution in [-0.2, 0) is 12.7 Å². The van der Waals surface area contributed by atoms with Gasteiger partial charge in [0.05, 0.1) is 19.2 Å². The minimum Gasteiger partial charge on any atom is -0.497 e. The number of halogens is 3. The molecule has 27 heavy (non-hydrogen) atoms. The normalized spacial score (nSPS) is 11.3. The van der Waals surface area contributed by atoms with Gasteiger partial charge in [-0.2, -0.15) is 13.2 Å². The minimum absolute atomic E-state index is 0.00975. The molecule has 0 radical (unpaired) electrons. The predicted octanol–water partition coefficient (Wildman–Crippen LogP) is 3.69. The predicted molar refractivity (Wildman–Crippen MR) is 88.9 cm³/mol. The van der Waals surface area contributed by atoms with Gasteiger partial charge in [-0.25, -0.2) is 0 Å². The molecule has 140 valence electrons. The van der Waals surface area contributed by atoms with Gasteiger partial charge < -0.3 is 14.6 Å². The lowest BCUT2D eigenvalue weighted by Gasteiger charge is -2.06. The van der Waals surface area contributed by atoms with Crippen molar-refractivity contribution in [2.45, 2.75) is 12.7 Å². The second kappa shape index (κ2) is 7.48. The molecule has 0 aliphatic carbocycles. The van der Waals surface area contributed by atoms with E-state index in [-0.39, 0.29) is 12.1 Å². The number of carbonyl (C=O) groups excluding carboxylic acids is 1. The number of pyridine rings is 1. The Morgan fingerprint density at radius 1 is 1.22 bits per heavy atom. The smallest absolute Gasteiger partial charge is 0.433 e. The van der Waals surface area contributed by atoms with Crippen LogP contribution in [0.4, 0.5) is 13.2 Å². The molecule has 1 aromatic carbocycles. The van der Waals surface area contributed by atoms with E-state index in [4.69, 9.17) is 9.26 Å². The van der Waals surface area contributed by atoms with Crippen LogP contribution in [0.15, 0.2) is 53.2 Å². The molecule has 0 fully saturated rings. The van der Waals surface area contributed by atoms with Crippen LogP contribution in [0.5, 0.6) is 5.75 Å². The van der Waals surface area contributed by atoms with Gasteiger partial charge in [0, 0.05) is 17.8 Å². The van der Waals surface area contributed by atoms with Crippen molar-refractivity contribution in [2.75, 3.05) is 7.11 Å². The summed E-state index contributed by atoms with van der Waals surface area (Å²) in [6.45, 7) is 0.0246. The summed E-state index contributed by atoms with van der Waals surface area (Å²) in [5.74, 6) is 0.483. The van der Waals surface area contributed by atoms with Crippen molar-refractivity contribution in [1.82, 2.24) is 15.5 Å². The Labute approximate surface area is 152 Å². The molecule has 0 saturated carbocycles. The molecule has 6 nitrogen and oxygen atoms in total. The number of hydrogen-bond acceptors (Lipinski definition) is 5. The van der Waals surface area contributed by atoms with E-state index in [0.717, 1.165) is 23.9 Å². The molecule has 0 unspecified atom stereocenters. The Hall–Kier alpha value is -3.36. The molecule has 3 aromatic rings. The SMILES string of the molecule is COc1cccc(-c2cc(CNC(=O)c3ccc(C(F)(F)F)nc3)on2)c1. The summed E-state index contributed by atoms with van der Waals surface area (Å²) in [7, 11) is 1.55. The van der Waals surface area contributed by atoms with E-state index >= 15 is 0 Å². The molecule has 3 rings (SSSR count). The van der Waals surface area contributed by atoms with E-state index in [1.807, 2.05) is 12.1 Å². The summed E-state index contributed by atoms with van der Waals surface area (Å²) in [6.07, 6.45) is -3.68. The second-order valence-electron chi connectivity index (χ2n) is 5.52. The number of nitrogens with zero attached hydrogens (tertiary/aromatic N) is 2. The van der Waals surface area contributed by atoms with Gasteiger partial charge in [0.2, 0.25) is 0 Å². The van der Waals surface area contributed by atoms with E-state index in [0.29, 0.717) is 17.2 Å². The van der Waals surface area contributed by atoms with Crippen molar-refractivity contribution in [2.24, 2.45) is 0 Å². The number of amides is 1. The highest BCUT2D eigenvalue weighted by Gasteiger charge is 2.32. The van der Waals surface area contributed by atoms with Crippen LogP contribution in [-0.4, -0.2) is 23.2 Å². The first kappa shape index (κ1) is 18.4. The lowest BCUT2D eigenvalue weighted by molar-refractivity contribution is -0.141. The Kier molecular flexibility index (Phi) is 5.11. The Balaban J connectivity index is 1.63. The number of alkyl halides is 3. The van der Waals surface area contributed by atoms with Crippen LogP contribution in [0.25, 0.3) is 11.3 Å². The lowest BCUT2D eigenvalue weighted by Crippen LogP contribution is -2.23. The zero-order chi connectivity index (χ0) is 19.4. The molecule has 0 aliphatic heterocycles. The van der Waals surface area contributed by atoms with Crippen molar-refractivity contribution in [3.05, 3.63) is 65.7 Å². The van der Waals surface area contributed by atoms with Gasteiger partial charge in [-0.05, 0) is 24.3 Å². The third kappa shape index (κ3) is 4.43. The van der Waals surface area contributed by atoms with Crippen molar-refractivity contribution in [3.63, 3.8) is 0 Å². The van der Waals surface area contributed by atoms with E-state index in [2.05, 4.69) is 15.5 Å². The number of methoxy groups -OCH3 is 1. The zero-order valence-corrected chi connectivity index (χ0v) is 14.1. The monoisotopic (exact) mass is 377 g/mol. The molecule has 9 heteroatoms. The number of benzene rings is 1. The van der Waals surface area contributed by atoms with Gasteiger partial charge in [0.25, 0.3) is 5.91 Å². The van der Waals surface area contributed by atoms with Crippen LogP contribution in [0.1, 0.15) is 21.8 Å². The summed E-state index contributed by atoms with van der Waals surface area (Å²) in [5.41, 5.74) is 0.296. The Bertz CT molecular complexity index is 937. The number of nitrogens with one attached hydrogen (secondary N) is 1. The number of aromatic nitrogens is 2. The highest BCUT2D eigenvalue weighted by atomic mass is 19.4. The first-order valence-corrected chi connectivity index (χ1v) is 7.78. The Morgan fingerprint density at radius 3 is 2.70 bits per heavy atom. The lowest BCUT2D eigenvalue weighted by atomic mass is 10.1. The van der Waals surface area contributed by atoms with Gasteiger partial charge in [0.15, 0.2) is 5.76 Å². The van der Waals surface area contributed by atoms with Crippen LogP contribution >= 0.6 is 0 Å². The third-order valence-electron chi connectivity index (χ3n) is 3.66.